The van der Waals surface area contributed by atoms with Gasteiger partial charge in [-0.3, -0.25) is 4.40 Å². The van der Waals surface area contributed by atoms with Gasteiger partial charge in [-0.2, -0.15) is 5.26 Å². The highest BCUT2D eigenvalue weighted by Gasteiger charge is 2.10. The topological polar surface area (TPSA) is 94.4 Å². The van der Waals surface area contributed by atoms with Crippen LogP contribution in [0.3, 0.4) is 0 Å². The molecule has 0 bridgehead atoms. The maximum absolute atomic E-state index is 9.49. The number of nitriles is 1. The lowest BCUT2D eigenvalue weighted by atomic mass is 10.2. The van der Waals surface area contributed by atoms with Crippen molar-refractivity contribution in [1.82, 2.24) is 14.6 Å². The molecule has 2 aromatic heterocycles. The average molecular weight is 252 g/mol. The first-order chi connectivity index (χ1) is 9.17. The summed E-state index contributed by atoms with van der Waals surface area (Å²) >= 11 is 0. The molecule has 0 saturated carbocycles. The zero-order valence-electron chi connectivity index (χ0n) is 9.65. The minimum Gasteiger partial charge on any atom is -0.508 e. The lowest BCUT2D eigenvalue weighted by Crippen LogP contribution is -1.89. The molecule has 92 valence electrons. The van der Waals surface area contributed by atoms with Crippen LogP contribution in [0.15, 0.2) is 36.5 Å². The van der Waals surface area contributed by atoms with Crippen LogP contribution in [-0.2, 0) is 0 Å². The Bertz CT molecular complexity index is 797. The number of phenolic OH excluding ortho intramolecular Hbond substituents is 2. The normalized spacial score (nSPS) is 10.5. The number of rotatable bonds is 1. The summed E-state index contributed by atoms with van der Waals surface area (Å²) < 4.78 is 1.68. The van der Waals surface area contributed by atoms with Gasteiger partial charge in [0.2, 0.25) is 0 Å². The number of hydrogen-bond acceptors (Lipinski definition) is 5. The van der Waals surface area contributed by atoms with Gasteiger partial charge in [0.1, 0.15) is 11.5 Å². The predicted molar refractivity (Wildman–Crippen MR) is 66.5 cm³/mol. The number of hydrogen-bond donors (Lipinski definition) is 2. The molecule has 3 rings (SSSR count). The fourth-order valence-electron chi connectivity index (χ4n) is 1.88. The first kappa shape index (κ1) is 11.0. The summed E-state index contributed by atoms with van der Waals surface area (Å²) in [6.07, 6.45) is 1.67. The molecule has 0 radical (unpaired) electrons. The quantitative estimate of drug-likeness (QED) is 0.687. The van der Waals surface area contributed by atoms with Gasteiger partial charge in [-0.25, -0.2) is 0 Å². The second-order valence-corrected chi connectivity index (χ2v) is 4.02. The fraction of sp³-hybridized carbons (Fsp3) is 0. The summed E-state index contributed by atoms with van der Waals surface area (Å²) in [6, 6.07) is 9.47. The van der Waals surface area contributed by atoms with Crippen molar-refractivity contribution in [3.63, 3.8) is 0 Å². The van der Waals surface area contributed by atoms with E-state index in [4.69, 9.17) is 5.26 Å². The standard InChI is InChI=1S/C13H8N4O2/c14-7-8-1-2-17-12(3-8)15-16-13(17)9-4-10(18)6-11(19)5-9/h1-6,18-19H. The maximum Gasteiger partial charge on any atom is 0.168 e. The van der Waals surface area contributed by atoms with Gasteiger partial charge >= 0.3 is 0 Å². The van der Waals surface area contributed by atoms with Gasteiger partial charge in [-0.1, -0.05) is 0 Å². The Hall–Kier alpha value is -3.07. The van der Waals surface area contributed by atoms with Crippen LogP contribution in [-0.4, -0.2) is 24.8 Å². The summed E-state index contributed by atoms with van der Waals surface area (Å²) in [7, 11) is 0. The highest BCUT2D eigenvalue weighted by Crippen LogP contribution is 2.27. The van der Waals surface area contributed by atoms with Crippen LogP contribution in [0.2, 0.25) is 0 Å². The molecule has 0 amide bonds. The lowest BCUT2D eigenvalue weighted by molar-refractivity contribution is 0.451. The van der Waals surface area contributed by atoms with Crippen molar-refractivity contribution in [2.24, 2.45) is 0 Å². The number of aromatic nitrogens is 3. The van der Waals surface area contributed by atoms with Crippen molar-refractivity contribution in [3.8, 4) is 29.0 Å². The number of nitrogens with zero attached hydrogens (tertiary/aromatic N) is 4. The van der Waals surface area contributed by atoms with Crippen LogP contribution in [0.5, 0.6) is 11.5 Å². The van der Waals surface area contributed by atoms with Gasteiger partial charge in [0.05, 0.1) is 11.6 Å². The molecule has 3 aromatic rings. The summed E-state index contributed by atoms with van der Waals surface area (Å²) in [5.41, 5.74) is 1.55. The van der Waals surface area contributed by atoms with Crippen molar-refractivity contribution in [1.29, 1.82) is 5.26 Å². The summed E-state index contributed by atoms with van der Waals surface area (Å²) in [5, 5.41) is 35.8. The van der Waals surface area contributed by atoms with E-state index in [0.717, 1.165) is 0 Å². The van der Waals surface area contributed by atoms with E-state index < -0.39 is 0 Å². The van der Waals surface area contributed by atoms with Gasteiger partial charge in [0, 0.05) is 23.9 Å². The Morgan fingerprint density at radius 2 is 1.79 bits per heavy atom. The van der Waals surface area contributed by atoms with Crippen LogP contribution in [0.4, 0.5) is 0 Å². The molecule has 0 aliphatic heterocycles. The van der Waals surface area contributed by atoms with E-state index in [-0.39, 0.29) is 11.5 Å². The number of phenols is 2. The van der Waals surface area contributed by atoms with Crippen molar-refractivity contribution >= 4 is 5.65 Å². The van der Waals surface area contributed by atoms with Crippen LogP contribution >= 0.6 is 0 Å². The molecule has 2 heterocycles. The Morgan fingerprint density at radius 3 is 2.47 bits per heavy atom. The van der Waals surface area contributed by atoms with Crippen molar-refractivity contribution in [2.45, 2.75) is 0 Å². The predicted octanol–water partition coefficient (Wildman–Crippen LogP) is 1.68. The number of pyridine rings is 1. The first-order valence-electron chi connectivity index (χ1n) is 5.45. The van der Waals surface area contributed by atoms with E-state index in [1.165, 1.54) is 18.2 Å². The third kappa shape index (κ3) is 1.83. The molecule has 2 N–H and O–H groups in total. The van der Waals surface area contributed by atoms with Crippen LogP contribution in [0.1, 0.15) is 5.56 Å². The summed E-state index contributed by atoms with van der Waals surface area (Å²) in [5.74, 6) is 0.367. The fourth-order valence-corrected chi connectivity index (χ4v) is 1.88. The van der Waals surface area contributed by atoms with Gasteiger partial charge in [-0.15, -0.1) is 10.2 Å². The summed E-state index contributed by atoms with van der Waals surface area (Å²) in [6.45, 7) is 0. The SMILES string of the molecule is N#Cc1ccn2c(-c3cc(O)cc(O)c3)nnc2c1. The molecule has 6 heteroatoms. The highest BCUT2D eigenvalue weighted by atomic mass is 16.3. The smallest absolute Gasteiger partial charge is 0.168 e. The van der Waals surface area contributed by atoms with Gasteiger partial charge in [-0.05, 0) is 18.2 Å². The van der Waals surface area contributed by atoms with E-state index in [9.17, 15) is 10.2 Å². The van der Waals surface area contributed by atoms with Crippen molar-refractivity contribution < 1.29 is 10.2 Å². The number of benzene rings is 1. The Balaban J connectivity index is 2.23. The van der Waals surface area contributed by atoms with Gasteiger partial charge in [0.15, 0.2) is 11.5 Å². The molecule has 0 saturated heterocycles. The van der Waals surface area contributed by atoms with Crippen LogP contribution in [0, 0.1) is 11.3 Å². The van der Waals surface area contributed by atoms with Crippen LogP contribution < -0.4 is 0 Å². The summed E-state index contributed by atoms with van der Waals surface area (Å²) in [4.78, 5) is 0. The molecule has 0 aliphatic rings. The molecular formula is C13H8N4O2. The molecule has 0 unspecified atom stereocenters. The van der Waals surface area contributed by atoms with E-state index in [1.807, 2.05) is 6.07 Å². The third-order valence-electron chi connectivity index (χ3n) is 2.70. The minimum atomic E-state index is -0.0552. The van der Waals surface area contributed by atoms with Gasteiger partial charge in [0.25, 0.3) is 0 Å². The van der Waals surface area contributed by atoms with Gasteiger partial charge < -0.3 is 10.2 Å². The van der Waals surface area contributed by atoms with E-state index in [0.29, 0.717) is 22.6 Å². The highest BCUT2D eigenvalue weighted by molar-refractivity contribution is 5.64. The second kappa shape index (κ2) is 3.99. The van der Waals surface area contributed by atoms with Crippen molar-refractivity contribution in [2.75, 3.05) is 0 Å². The van der Waals surface area contributed by atoms with E-state index >= 15 is 0 Å². The average Bonchev–Trinajstić information content (AvgIpc) is 2.80. The zero-order chi connectivity index (χ0) is 13.4. The Labute approximate surface area is 107 Å². The minimum absolute atomic E-state index is 0.0552. The number of fused-ring (bicyclic) bond motifs is 1. The second-order valence-electron chi connectivity index (χ2n) is 4.02. The van der Waals surface area contributed by atoms with Crippen LogP contribution in [0.25, 0.3) is 17.0 Å². The number of aromatic hydroxyl groups is 2. The molecule has 1 aromatic carbocycles. The molecule has 0 spiro atoms. The molecule has 0 atom stereocenters. The monoisotopic (exact) mass is 252 g/mol. The Morgan fingerprint density at radius 1 is 1.05 bits per heavy atom. The molecule has 0 aliphatic carbocycles. The molecular weight excluding hydrogens is 244 g/mol. The largest absolute Gasteiger partial charge is 0.508 e. The Kier molecular flexibility index (Phi) is 2.32. The zero-order valence-corrected chi connectivity index (χ0v) is 9.65. The molecule has 19 heavy (non-hydrogen) atoms. The molecule has 6 nitrogen and oxygen atoms in total. The lowest BCUT2D eigenvalue weighted by Gasteiger charge is -2.02. The van der Waals surface area contributed by atoms with E-state index in [2.05, 4.69) is 10.2 Å². The first-order valence-corrected chi connectivity index (χ1v) is 5.45. The van der Waals surface area contributed by atoms with Crippen molar-refractivity contribution in [3.05, 3.63) is 42.1 Å². The third-order valence-corrected chi connectivity index (χ3v) is 2.70. The maximum atomic E-state index is 9.49. The van der Waals surface area contributed by atoms with E-state index in [1.54, 1.807) is 22.7 Å². The molecule has 0 fully saturated rings.